The van der Waals surface area contributed by atoms with Crippen LogP contribution in [-0.4, -0.2) is 86.6 Å². The lowest BCUT2D eigenvalue weighted by Gasteiger charge is -2.33. The highest BCUT2D eigenvalue weighted by molar-refractivity contribution is 5.60. The number of likely N-dealkylation sites (N-methyl/N-ethyl adjacent to an activating group) is 1. The summed E-state index contributed by atoms with van der Waals surface area (Å²) in [5, 5.41) is 11.3. The van der Waals surface area contributed by atoms with Crippen molar-refractivity contribution >= 4 is 6.47 Å². The van der Waals surface area contributed by atoms with Gasteiger partial charge in [-0.15, -0.1) is 0 Å². The van der Waals surface area contributed by atoms with Crippen LogP contribution in [0.4, 0.5) is 0 Å². The number of carboxylic acid groups (broad SMARTS) is 1. The van der Waals surface area contributed by atoms with Crippen molar-refractivity contribution in [1.82, 2.24) is 29.1 Å². The molecule has 32 heavy (non-hydrogen) atoms. The average molecular weight is 441 g/mol. The first kappa shape index (κ1) is 23.5. The smallest absolute Gasteiger partial charge is 0.290 e. The van der Waals surface area contributed by atoms with E-state index in [1.165, 1.54) is 0 Å². The Morgan fingerprint density at radius 1 is 1.12 bits per heavy atom. The van der Waals surface area contributed by atoms with Gasteiger partial charge < -0.3 is 14.7 Å². The monoisotopic (exact) mass is 440 g/mol. The zero-order valence-electron chi connectivity index (χ0n) is 19.0. The quantitative estimate of drug-likeness (QED) is 0.564. The van der Waals surface area contributed by atoms with E-state index in [1.54, 1.807) is 0 Å². The molecule has 1 aliphatic rings. The summed E-state index contributed by atoms with van der Waals surface area (Å²) >= 11 is 0. The third-order valence-corrected chi connectivity index (χ3v) is 5.59. The van der Waals surface area contributed by atoms with Crippen molar-refractivity contribution in [2.24, 2.45) is 7.05 Å². The van der Waals surface area contributed by atoms with Crippen LogP contribution in [0.3, 0.4) is 0 Å². The standard InChI is InChI=1S/C22H30N6O.CH2O2/c1-4-26-11-13-27(14-12-26)15-16-29-20-7-5-19(6-8-20)22-23-9-10-28(22)21-17-25(3)24-18(21)2;2-1-3/h5-10,17H,4,11-16H2,1-3H3;1H,(H,2,3). The zero-order chi connectivity index (χ0) is 22.9. The van der Waals surface area contributed by atoms with Crippen molar-refractivity contribution < 1.29 is 14.6 Å². The van der Waals surface area contributed by atoms with E-state index in [1.807, 2.05) is 49.4 Å². The lowest BCUT2D eigenvalue weighted by molar-refractivity contribution is -0.122. The predicted molar refractivity (Wildman–Crippen MR) is 123 cm³/mol. The van der Waals surface area contributed by atoms with Gasteiger partial charge in [-0.2, -0.15) is 5.10 Å². The molecule has 9 nitrogen and oxygen atoms in total. The van der Waals surface area contributed by atoms with Crippen LogP contribution in [0.5, 0.6) is 5.75 Å². The summed E-state index contributed by atoms with van der Waals surface area (Å²) in [7, 11) is 1.93. The van der Waals surface area contributed by atoms with Crippen LogP contribution < -0.4 is 4.74 Å². The molecule has 0 atom stereocenters. The van der Waals surface area contributed by atoms with Crippen LogP contribution >= 0.6 is 0 Å². The molecule has 1 fully saturated rings. The molecule has 3 heterocycles. The van der Waals surface area contributed by atoms with E-state index in [4.69, 9.17) is 14.6 Å². The zero-order valence-corrected chi connectivity index (χ0v) is 19.0. The number of aryl methyl sites for hydroxylation is 2. The Labute approximate surface area is 188 Å². The maximum absolute atomic E-state index is 8.36. The molecule has 0 aliphatic carbocycles. The maximum Gasteiger partial charge on any atom is 0.290 e. The topological polar surface area (TPSA) is 88.7 Å². The molecule has 1 N–H and O–H groups in total. The van der Waals surface area contributed by atoms with Gasteiger partial charge in [0, 0.05) is 63.9 Å². The van der Waals surface area contributed by atoms with Crippen LogP contribution in [-0.2, 0) is 11.8 Å². The van der Waals surface area contributed by atoms with Gasteiger partial charge in [0.25, 0.3) is 6.47 Å². The number of benzene rings is 1. The molecule has 0 spiro atoms. The summed E-state index contributed by atoms with van der Waals surface area (Å²) in [5.41, 5.74) is 3.08. The van der Waals surface area contributed by atoms with Crippen LogP contribution in [0, 0.1) is 6.92 Å². The Kier molecular flexibility index (Phi) is 8.41. The first-order chi connectivity index (χ1) is 15.5. The van der Waals surface area contributed by atoms with Crippen LogP contribution in [0.15, 0.2) is 42.9 Å². The van der Waals surface area contributed by atoms with E-state index < -0.39 is 0 Å². The Bertz CT molecular complexity index is 974. The average Bonchev–Trinajstić information content (AvgIpc) is 3.41. The number of nitrogens with zero attached hydrogens (tertiary/aromatic N) is 6. The summed E-state index contributed by atoms with van der Waals surface area (Å²) in [4.78, 5) is 17.9. The molecule has 2 aromatic heterocycles. The summed E-state index contributed by atoms with van der Waals surface area (Å²) in [6, 6.07) is 8.19. The van der Waals surface area contributed by atoms with Crippen molar-refractivity contribution in [3.05, 3.63) is 48.5 Å². The minimum absolute atomic E-state index is 0.250. The van der Waals surface area contributed by atoms with Crippen molar-refractivity contribution in [1.29, 1.82) is 0 Å². The first-order valence-electron chi connectivity index (χ1n) is 10.9. The molecule has 9 heteroatoms. The molecule has 4 rings (SSSR count). The third kappa shape index (κ3) is 5.95. The Morgan fingerprint density at radius 2 is 1.78 bits per heavy atom. The molecule has 1 aromatic carbocycles. The van der Waals surface area contributed by atoms with Gasteiger partial charge in [0.1, 0.15) is 18.2 Å². The molecule has 0 unspecified atom stereocenters. The van der Waals surface area contributed by atoms with Gasteiger partial charge in [-0.1, -0.05) is 6.92 Å². The summed E-state index contributed by atoms with van der Waals surface area (Å²) < 4.78 is 9.88. The van der Waals surface area contributed by atoms with E-state index in [0.717, 1.165) is 74.4 Å². The lowest BCUT2D eigenvalue weighted by atomic mass is 10.2. The minimum Gasteiger partial charge on any atom is -0.492 e. The number of piperazine rings is 1. The van der Waals surface area contributed by atoms with Crippen molar-refractivity contribution in [2.45, 2.75) is 13.8 Å². The highest BCUT2D eigenvalue weighted by atomic mass is 16.5. The second-order valence-electron chi connectivity index (χ2n) is 7.65. The molecule has 0 amide bonds. The van der Waals surface area contributed by atoms with Gasteiger partial charge in [-0.05, 0) is 37.7 Å². The molecule has 3 aromatic rings. The highest BCUT2D eigenvalue weighted by Crippen LogP contribution is 2.25. The number of imidazole rings is 1. The third-order valence-electron chi connectivity index (χ3n) is 5.59. The van der Waals surface area contributed by atoms with Gasteiger partial charge in [0.05, 0.1) is 11.4 Å². The number of ether oxygens (including phenoxy) is 1. The fraction of sp³-hybridized carbons (Fsp3) is 0.435. The van der Waals surface area contributed by atoms with Gasteiger partial charge in [-0.3, -0.25) is 18.9 Å². The van der Waals surface area contributed by atoms with Crippen LogP contribution in [0.2, 0.25) is 0 Å². The van der Waals surface area contributed by atoms with E-state index in [2.05, 4.69) is 43.5 Å². The van der Waals surface area contributed by atoms with Crippen LogP contribution in [0.1, 0.15) is 12.6 Å². The Morgan fingerprint density at radius 3 is 2.38 bits per heavy atom. The molecule has 172 valence electrons. The first-order valence-corrected chi connectivity index (χ1v) is 10.9. The summed E-state index contributed by atoms with van der Waals surface area (Å²) in [6.45, 7) is 11.4. The number of rotatable bonds is 7. The predicted octanol–water partition coefficient (Wildman–Crippen LogP) is 2.30. The lowest BCUT2D eigenvalue weighted by Crippen LogP contribution is -2.47. The highest BCUT2D eigenvalue weighted by Gasteiger charge is 2.15. The summed E-state index contributed by atoms with van der Waals surface area (Å²) in [6.07, 6.45) is 5.81. The normalized spacial score (nSPS) is 14.6. The van der Waals surface area contributed by atoms with Crippen LogP contribution in [0.25, 0.3) is 17.1 Å². The fourth-order valence-corrected chi connectivity index (χ4v) is 3.86. The SMILES string of the molecule is CCN1CCN(CCOc2ccc(-c3nccn3-c3cn(C)nc3C)cc2)CC1.O=CO. The molecular formula is C23H32N6O3. The largest absolute Gasteiger partial charge is 0.492 e. The van der Waals surface area contributed by atoms with E-state index in [9.17, 15) is 0 Å². The van der Waals surface area contributed by atoms with Gasteiger partial charge in [0.2, 0.25) is 0 Å². The fourth-order valence-electron chi connectivity index (χ4n) is 3.86. The number of aromatic nitrogens is 4. The Hall–Kier alpha value is -3.17. The number of hydrogen-bond acceptors (Lipinski definition) is 6. The molecule has 1 aliphatic heterocycles. The molecule has 0 radical (unpaired) electrons. The molecule has 0 bridgehead atoms. The molecule has 0 saturated carbocycles. The van der Waals surface area contributed by atoms with Gasteiger partial charge >= 0.3 is 0 Å². The second kappa shape index (κ2) is 11.4. The molecule has 1 saturated heterocycles. The van der Waals surface area contributed by atoms with Crippen molar-refractivity contribution in [2.75, 3.05) is 45.9 Å². The minimum atomic E-state index is -0.250. The molecular weight excluding hydrogens is 408 g/mol. The van der Waals surface area contributed by atoms with Gasteiger partial charge in [-0.25, -0.2) is 4.98 Å². The second-order valence-corrected chi connectivity index (χ2v) is 7.65. The van der Waals surface area contributed by atoms with E-state index in [0.29, 0.717) is 0 Å². The number of hydrogen-bond donors (Lipinski definition) is 1. The van der Waals surface area contributed by atoms with E-state index in [-0.39, 0.29) is 6.47 Å². The van der Waals surface area contributed by atoms with Gasteiger partial charge in [0.15, 0.2) is 0 Å². The number of carbonyl (C=O) groups is 1. The summed E-state index contributed by atoms with van der Waals surface area (Å²) in [5.74, 6) is 1.80. The van der Waals surface area contributed by atoms with Crippen molar-refractivity contribution in [3.8, 4) is 22.8 Å². The van der Waals surface area contributed by atoms with E-state index >= 15 is 0 Å². The van der Waals surface area contributed by atoms with Crippen molar-refractivity contribution in [3.63, 3.8) is 0 Å². The maximum atomic E-state index is 8.36. The Balaban J connectivity index is 0.000000913.